The van der Waals surface area contributed by atoms with Crippen molar-refractivity contribution in [3.05, 3.63) is 16.1 Å². The lowest BCUT2D eigenvalue weighted by atomic mass is 10.3. The Morgan fingerprint density at radius 2 is 2.09 bits per heavy atom. The van der Waals surface area contributed by atoms with E-state index in [4.69, 9.17) is 0 Å². The Labute approximate surface area is 72.5 Å². The molecule has 0 radical (unpaired) electrons. The highest BCUT2D eigenvalue weighted by molar-refractivity contribution is 7.09. The highest BCUT2D eigenvalue weighted by Crippen LogP contribution is 2.39. The Hall–Kier alpha value is -0.370. The van der Waals surface area contributed by atoms with E-state index in [1.807, 2.05) is 13.8 Å². The number of hydrogen-bond acceptors (Lipinski definition) is 2. The average molecular weight is 169 g/mol. The third kappa shape index (κ3) is 2.29. The van der Waals surface area contributed by atoms with Crippen molar-refractivity contribution in [1.82, 2.24) is 4.98 Å². The van der Waals surface area contributed by atoms with Gasteiger partial charge in [0.05, 0.1) is 10.7 Å². The van der Waals surface area contributed by atoms with Crippen LogP contribution in [0.15, 0.2) is 5.38 Å². The van der Waals surface area contributed by atoms with Gasteiger partial charge in [0.25, 0.3) is 0 Å². The van der Waals surface area contributed by atoms with Crippen LogP contribution in [-0.2, 0) is 0 Å². The average Bonchev–Trinajstić information content (AvgIpc) is 2.80. The fourth-order valence-electron chi connectivity index (χ4n) is 0.947. The van der Waals surface area contributed by atoms with Crippen LogP contribution < -0.4 is 0 Å². The molecule has 1 aliphatic rings. The molecule has 1 aromatic rings. The minimum absolute atomic E-state index is 0.829. The van der Waals surface area contributed by atoms with Crippen LogP contribution in [0.1, 0.15) is 43.3 Å². The van der Waals surface area contributed by atoms with Crippen LogP contribution in [0, 0.1) is 6.92 Å². The molecule has 0 N–H and O–H groups in total. The lowest BCUT2D eigenvalue weighted by Crippen LogP contribution is -1.76. The molecular formula is C9H15NS. The SMILES string of the molecule is CC.Cc1nc(C2CC2)cs1. The second kappa shape index (κ2) is 3.86. The van der Waals surface area contributed by atoms with Crippen molar-refractivity contribution < 1.29 is 0 Å². The zero-order valence-electron chi connectivity index (χ0n) is 7.42. The van der Waals surface area contributed by atoms with Crippen LogP contribution in [0.25, 0.3) is 0 Å². The predicted octanol–water partition coefficient (Wildman–Crippen LogP) is 3.36. The number of aryl methyl sites for hydroxylation is 1. The van der Waals surface area contributed by atoms with Crippen molar-refractivity contribution in [2.75, 3.05) is 0 Å². The molecule has 0 saturated heterocycles. The summed E-state index contributed by atoms with van der Waals surface area (Å²) in [6.07, 6.45) is 2.73. The quantitative estimate of drug-likeness (QED) is 0.628. The monoisotopic (exact) mass is 169 g/mol. The minimum Gasteiger partial charge on any atom is -0.246 e. The van der Waals surface area contributed by atoms with Crippen molar-refractivity contribution in [3.8, 4) is 0 Å². The second-order valence-electron chi connectivity index (χ2n) is 2.57. The van der Waals surface area contributed by atoms with Crippen LogP contribution in [-0.4, -0.2) is 4.98 Å². The maximum absolute atomic E-state index is 4.39. The maximum Gasteiger partial charge on any atom is 0.0897 e. The summed E-state index contributed by atoms with van der Waals surface area (Å²) in [6.45, 7) is 6.07. The van der Waals surface area contributed by atoms with E-state index in [0.29, 0.717) is 0 Å². The fraction of sp³-hybridized carbons (Fsp3) is 0.667. The molecule has 2 heteroatoms. The molecule has 0 unspecified atom stereocenters. The Bertz CT molecular complexity index is 213. The van der Waals surface area contributed by atoms with Gasteiger partial charge >= 0.3 is 0 Å². The zero-order chi connectivity index (χ0) is 8.27. The Morgan fingerprint density at radius 1 is 1.45 bits per heavy atom. The van der Waals surface area contributed by atoms with E-state index in [-0.39, 0.29) is 0 Å². The van der Waals surface area contributed by atoms with Crippen LogP contribution in [0.2, 0.25) is 0 Å². The molecule has 1 fully saturated rings. The topological polar surface area (TPSA) is 12.9 Å². The molecule has 1 saturated carbocycles. The molecular weight excluding hydrogens is 154 g/mol. The number of nitrogens with zero attached hydrogens (tertiary/aromatic N) is 1. The van der Waals surface area contributed by atoms with Gasteiger partial charge in [0.1, 0.15) is 0 Å². The second-order valence-corrected chi connectivity index (χ2v) is 3.63. The van der Waals surface area contributed by atoms with E-state index < -0.39 is 0 Å². The van der Waals surface area contributed by atoms with Crippen LogP contribution in [0.4, 0.5) is 0 Å². The molecule has 0 amide bonds. The van der Waals surface area contributed by atoms with E-state index in [2.05, 4.69) is 17.3 Å². The maximum atomic E-state index is 4.39. The normalized spacial score (nSPS) is 15.5. The Balaban J connectivity index is 0.000000281. The van der Waals surface area contributed by atoms with Gasteiger partial charge in [-0.05, 0) is 19.8 Å². The lowest BCUT2D eigenvalue weighted by Gasteiger charge is -1.82. The molecule has 1 aromatic heterocycles. The van der Waals surface area contributed by atoms with E-state index in [1.165, 1.54) is 23.5 Å². The standard InChI is InChI=1S/C7H9NS.C2H6/c1-5-8-7(4-9-5)6-2-3-6;1-2/h4,6H,2-3H2,1H3;1-2H3. The number of rotatable bonds is 1. The first-order valence-corrected chi connectivity index (χ1v) is 5.16. The number of aromatic nitrogens is 1. The summed E-state index contributed by atoms with van der Waals surface area (Å²) in [6, 6.07) is 0. The molecule has 62 valence electrons. The first-order valence-electron chi connectivity index (χ1n) is 4.28. The molecule has 0 aromatic carbocycles. The number of thiazole rings is 1. The summed E-state index contributed by atoms with van der Waals surface area (Å²) >= 11 is 1.76. The van der Waals surface area contributed by atoms with Crippen molar-refractivity contribution in [1.29, 1.82) is 0 Å². The molecule has 2 rings (SSSR count). The smallest absolute Gasteiger partial charge is 0.0897 e. The van der Waals surface area contributed by atoms with Gasteiger partial charge in [-0.3, -0.25) is 0 Å². The van der Waals surface area contributed by atoms with Crippen molar-refractivity contribution in [3.63, 3.8) is 0 Å². The molecule has 1 nitrogen and oxygen atoms in total. The van der Waals surface area contributed by atoms with Crippen molar-refractivity contribution in [2.45, 2.75) is 39.5 Å². The van der Waals surface area contributed by atoms with Crippen molar-refractivity contribution >= 4 is 11.3 Å². The first kappa shape index (κ1) is 8.72. The Kier molecular flexibility index (Phi) is 3.06. The molecule has 0 atom stereocenters. The minimum atomic E-state index is 0.829. The lowest BCUT2D eigenvalue weighted by molar-refractivity contribution is 1.03. The van der Waals surface area contributed by atoms with E-state index >= 15 is 0 Å². The molecule has 0 bridgehead atoms. The van der Waals surface area contributed by atoms with Gasteiger partial charge in [-0.25, -0.2) is 4.98 Å². The van der Waals surface area contributed by atoms with Gasteiger partial charge in [-0.1, -0.05) is 13.8 Å². The summed E-state index contributed by atoms with van der Waals surface area (Å²) in [5.74, 6) is 0.829. The summed E-state index contributed by atoms with van der Waals surface area (Å²) < 4.78 is 0. The van der Waals surface area contributed by atoms with Crippen molar-refractivity contribution in [2.24, 2.45) is 0 Å². The van der Waals surface area contributed by atoms with Gasteiger partial charge in [0.2, 0.25) is 0 Å². The molecule has 1 aliphatic carbocycles. The predicted molar refractivity (Wildman–Crippen MR) is 50.2 cm³/mol. The van der Waals surface area contributed by atoms with E-state index in [1.54, 1.807) is 11.3 Å². The van der Waals surface area contributed by atoms with Crippen LogP contribution >= 0.6 is 11.3 Å². The summed E-state index contributed by atoms with van der Waals surface area (Å²) in [4.78, 5) is 4.39. The Morgan fingerprint density at radius 3 is 2.45 bits per heavy atom. The molecule has 11 heavy (non-hydrogen) atoms. The largest absolute Gasteiger partial charge is 0.246 e. The number of hydrogen-bond donors (Lipinski definition) is 0. The zero-order valence-corrected chi connectivity index (χ0v) is 8.24. The molecule has 1 heterocycles. The summed E-state index contributed by atoms with van der Waals surface area (Å²) in [5.41, 5.74) is 1.33. The van der Waals surface area contributed by atoms with Gasteiger partial charge in [0, 0.05) is 11.3 Å². The van der Waals surface area contributed by atoms with Crippen LogP contribution in [0.3, 0.4) is 0 Å². The van der Waals surface area contributed by atoms with Crippen LogP contribution in [0.5, 0.6) is 0 Å². The summed E-state index contributed by atoms with van der Waals surface area (Å²) in [7, 11) is 0. The highest BCUT2D eigenvalue weighted by atomic mass is 32.1. The van der Waals surface area contributed by atoms with Gasteiger partial charge in [0.15, 0.2) is 0 Å². The third-order valence-corrected chi connectivity index (χ3v) is 2.42. The highest BCUT2D eigenvalue weighted by Gasteiger charge is 2.25. The third-order valence-electron chi connectivity index (χ3n) is 1.63. The first-order chi connectivity index (χ1) is 5.36. The van der Waals surface area contributed by atoms with E-state index in [0.717, 1.165) is 5.92 Å². The summed E-state index contributed by atoms with van der Waals surface area (Å²) in [5, 5.41) is 3.39. The fourth-order valence-corrected chi connectivity index (χ4v) is 1.64. The molecule has 0 spiro atoms. The van der Waals surface area contributed by atoms with Gasteiger partial charge in [-0.2, -0.15) is 0 Å². The van der Waals surface area contributed by atoms with E-state index in [9.17, 15) is 0 Å². The van der Waals surface area contributed by atoms with Gasteiger partial charge in [-0.15, -0.1) is 11.3 Å². The molecule has 0 aliphatic heterocycles. The van der Waals surface area contributed by atoms with Gasteiger partial charge < -0.3 is 0 Å².